The Bertz CT molecular complexity index is 735. The summed E-state index contributed by atoms with van der Waals surface area (Å²) in [7, 11) is 0. The quantitative estimate of drug-likeness (QED) is 0.725. The molecular formula is C12H10N4O4. The van der Waals surface area contributed by atoms with Crippen LogP contribution in [0.25, 0.3) is 11.0 Å². The summed E-state index contributed by atoms with van der Waals surface area (Å²) < 4.78 is 15.6. The summed E-state index contributed by atoms with van der Waals surface area (Å²) in [6, 6.07) is 5.12. The predicted molar refractivity (Wildman–Crippen MR) is 66.4 cm³/mol. The minimum Gasteiger partial charge on any atom is -0.463 e. The number of nitrogens with one attached hydrogen (secondary N) is 1. The van der Waals surface area contributed by atoms with Crippen LogP contribution >= 0.6 is 0 Å². The lowest BCUT2D eigenvalue weighted by atomic mass is 10.2. The van der Waals surface area contributed by atoms with Gasteiger partial charge in [-0.25, -0.2) is 4.79 Å². The number of tetrazole rings is 1. The van der Waals surface area contributed by atoms with Crippen molar-refractivity contribution in [3.63, 3.8) is 0 Å². The Labute approximate surface area is 112 Å². The molecule has 2 aromatic heterocycles. The van der Waals surface area contributed by atoms with Crippen LogP contribution < -0.4 is 4.74 Å². The number of aromatic nitrogens is 4. The molecule has 0 saturated carbocycles. The van der Waals surface area contributed by atoms with Gasteiger partial charge in [-0.3, -0.25) is 0 Å². The summed E-state index contributed by atoms with van der Waals surface area (Å²) in [6.45, 7) is 2.06. The lowest BCUT2D eigenvalue weighted by Crippen LogP contribution is -2.03. The third kappa shape index (κ3) is 2.18. The third-order valence-corrected chi connectivity index (χ3v) is 2.58. The largest absolute Gasteiger partial charge is 0.463 e. The maximum Gasteiger partial charge on any atom is 0.361 e. The van der Waals surface area contributed by atoms with Gasteiger partial charge in [-0.05, 0) is 24.3 Å². The number of furan rings is 1. The van der Waals surface area contributed by atoms with Crippen LogP contribution in [-0.4, -0.2) is 33.2 Å². The maximum absolute atomic E-state index is 11.7. The van der Waals surface area contributed by atoms with E-state index < -0.39 is 5.97 Å². The van der Waals surface area contributed by atoms with Crippen LogP contribution in [0, 0.1) is 0 Å². The number of carbonyl (C=O) groups excluding carboxylic acids is 1. The fourth-order valence-corrected chi connectivity index (χ4v) is 1.74. The molecule has 0 amide bonds. The van der Waals surface area contributed by atoms with E-state index in [0.717, 1.165) is 0 Å². The van der Waals surface area contributed by atoms with Gasteiger partial charge in [0.1, 0.15) is 23.2 Å². The number of benzene rings is 1. The number of carbonyl (C=O) groups is 1. The zero-order valence-electron chi connectivity index (χ0n) is 10.5. The minimum absolute atomic E-state index is 0.0986. The van der Waals surface area contributed by atoms with E-state index in [1.54, 1.807) is 25.1 Å². The van der Waals surface area contributed by atoms with Gasteiger partial charge in [0.05, 0.1) is 6.61 Å². The van der Waals surface area contributed by atoms with Crippen molar-refractivity contribution in [2.45, 2.75) is 6.92 Å². The van der Waals surface area contributed by atoms with Gasteiger partial charge in [0.2, 0.25) is 0 Å². The Balaban J connectivity index is 1.91. The van der Waals surface area contributed by atoms with E-state index in [-0.39, 0.29) is 6.01 Å². The molecule has 0 spiro atoms. The molecule has 0 aliphatic heterocycles. The average molecular weight is 274 g/mol. The van der Waals surface area contributed by atoms with Crippen molar-refractivity contribution in [2.75, 3.05) is 6.61 Å². The highest BCUT2D eigenvalue weighted by atomic mass is 16.5. The number of ether oxygens (including phenoxy) is 2. The molecule has 0 aliphatic rings. The molecule has 20 heavy (non-hydrogen) atoms. The fraction of sp³-hybridized carbons (Fsp3) is 0.167. The molecule has 0 bridgehead atoms. The molecule has 8 heteroatoms. The normalized spacial score (nSPS) is 10.7. The molecule has 0 fully saturated rings. The second kappa shape index (κ2) is 5.00. The molecule has 1 N–H and O–H groups in total. The van der Waals surface area contributed by atoms with Crippen molar-refractivity contribution in [1.82, 2.24) is 20.6 Å². The first-order valence-electron chi connectivity index (χ1n) is 5.87. The molecule has 2 heterocycles. The first-order valence-corrected chi connectivity index (χ1v) is 5.87. The highest BCUT2D eigenvalue weighted by Crippen LogP contribution is 2.27. The van der Waals surface area contributed by atoms with Crippen LogP contribution in [0.1, 0.15) is 17.3 Å². The minimum atomic E-state index is -0.418. The van der Waals surface area contributed by atoms with Crippen LogP contribution in [0.5, 0.6) is 11.8 Å². The van der Waals surface area contributed by atoms with Gasteiger partial charge in [0, 0.05) is 11.5 Å². The Hall–Kier alpha value is -2.90. The standard InChI is InChI=1S/C12H10N4O4/c1-2-18-11(17)9-6-19-10-5-7(3-4-8(9)10)20-12-13-15-16-14-12/h3-6H,2H2,1H3,(H,13,14,15,16). The van der Waals surface area contributed by atoms with Gasteiger partial charge in [0.25, 0.3) is 0 Å². The van der Waals surface area contributed by atoms with Gasteiger partial charge in [-0.15, -0.1) is 0 Å². The van der Waals surface area contributed by atoms with Gasteiger partial charge in [0.15, 0.2) is 0 Å². The molecule has 3 aromatic rings. The fourth-order valence-electron chi connectivity index (χ4n) is 1.74. The van der Waals surface area contributed by atoms with E-state index in [4.69, 9.17) is 13.9 Å². The van der Waals surface area contributed by atoms with Gasteiger partial charge >= 0.3 is 12.0 Å². The van der Waals surface area contributed by atoms with Crippen molar-refractivity contribution in [3.8, 4) is 11.8 Å². The summed E-state index contributed by atoms with van der Waals surface area (Å²) in [4.78, 5) is 11.7. The molecule has 0 unspecified atom stereocenters. The lowest BCUT2D eigenvalue weighted by Gasteiger charge is -2.01. The van der Waals surface area contributed by atoms with E-state index in [1.165, 1.54) is 6.26 Å². The van der Waals surface area contributed by atoms with Crippen LogP contribution in [0.4, 0.5) is 0 Å². The number of H-pyrrole nitrogens is 1. The monoisotopic (exact) mass is 274 g/mol. The highest BCUT2D eigenvalue weighted by molar-refractivity contribution is 6.03. The topological polar surface area (TPSA) is 103 Å². The van der Waals surface area contributed by atoms with Crippen molar-refractivity contribution in [1.29, 1.82) is 0 Å². The second-order valence-electron chi connectivity index (χ2n) is 3.82. The average Bonchev–Trinajstić information content (AvgIpc) is 3.07. The lowest BCUT2D eigenvalue weighted by molar-refractivity contribution is 0.0527. The number of rotatable bonds is 4. The SMILES string of the molecule is CCOC(=O)c1coc2cc(Oc3nn[nH]n3)ccc12. The summed E-state index contributed by atoms with van der Waals surface area (Å²) in [5.74, 6) is 0.0572. The zero-order valence-corrected chi connectivity index (χ0v) is 10.5. The molecule has 0 atom stereocenters. The van der Waals surface area contributed by atoms with Gasteiger partial charge in [-0.2, -0.15) is 5.21 Å². The van der Waals surface area contributed by atoms with Crippen LogP contribution in [0.15, 0.2) is 28.9 Å². The van der Waals surface area contributed by atoms with Crippen molar-refractivity contribution in [2.24, 2.45) is 0 Å². The third-order valence-electron chi connectivity index (χ3n) is 2.58. The molecule has 0 saturated heterocycles. The van der Waals surface area contributed by atoms with Crippen LogP contribution in [0.3, 0.4) is 0 Å². The maximum atomic E-state index is 11.7. The molecule has 102 valence electrons. The smallest absolute Gasteiger partial charge is 0.361 e. The molecule has 0 radical (unpaired) electrons. The zero-order chi connectivity index (χ0) is 13.9. The molecule has 1 aromatic carbocycles. The van der Waals surface area contributed by atoms with Crippen molar-refractivity contribution in [3.05, 3.63) is 30.0 Å². The van der Waals surface area contributed by atoms with Crippen LogP contribution in [-0.2, 0) is 4.74 Å². The Morgan fingerprint density at radius 1 is 1.45 bits per heavy atom. The van der Waals surface area contributed by atoms with E-state index in [1.807, 2.05) is 0 Å². The molecule has 0 aliphatic carbocycles. The van der Waals surface area contributed by atoms with E-state index in [9.17, 15) is 4.79 Å². The molecule has 8 nitrogen and oxygen atoms in total. The second-order valence-corrected chi connectivity index (χ2v) is 3.82. The number of esters is 1. The number of hydrogen-bond acceptors (Lipinski definition) is 7. The Kier molecular flexibility index (Phi) is 3.04. The number of hydrogen-bond donors (Lipinski definition) is 1. The number of aromatic amines is 1. The molecular weight excluding hydrogens is 264 g/mol. The van der Waals surface area contributed by atoms with Crippen LogP contribution in [0.2, 0.25) is 0 Å². The van der Waals surface area contributed by atoms with Gasteiger partial charge < -0.3 is 13.9 Å². The van der Waals surface area contributed by atoms with Gasteiger partial charge in [-0.1, -0.05) is 10.2 Å². The highest BCUT2D eigenvalue weighted by Gasteiger charge is 2.15. The molecule has 3 rings (SSSR count). The van der Waals surface area contributed by atoms with Crippen molar-refractivity contribution >= 4 is 16.9 Å². The Morgan fingerprint density at radius 2 is 2.35 bits per heavy atom. The first-order chi connectivity index (χ1) is 9.78. The summed E-state index contributed by atoms with van der Waals surface area (Å²) in [5.41, 5.74) is 0.891. The first kappa shape index (κ1) is 12.2. The van der Waals surface area contributed by atoms with E-state index in [0.29, 0.717) is 28.9 Å². The van der Waals surface area contributed by atoms with E-state index >= 15 is 0 Å². The summed E-state index contributed by atoms with van der Waals surface area (Å²) in [5, 5.41) is 13.7. The van der Waals surface area contributed by atoms with E-state index in [2.05, 4.69) is 20.6 Å². The number of fused-ring (bicyclic) bond motifs is 1. The summed E-state index contributed by atoms with van der Waals surface area (Å²) >= 11 is 0. The Morgan fingerprint density at radius 3 is 3.10 bits per heavy atom. The summed E-state index contributed by atoms with van der Waals surface area (Å²) in [6.07, 6.45) is 1.36. The predicted octanol–water partition coefficient (Wildman–Crippen LogP) is 1.91. The number of nitrogens with zero attached hydrogens (tertiary/aromatic N) is 3. The van der Waals surface area contributed by atoms with Crippen molar-refractivity contribution < 1.29 is 18.7 Å².